The molecule has 0 aliphatic carbocycles. The molecule has 70 valence electrons. The van der Waals surface area contributed by atoms with Crippen LogP contribution in [-0.4, -0.2) is 9.55 Å². The van der Waals surface area contributed by atoms with E-state index in [-0.39, 0.29) is 0 Å². The maximum absolute atomic E-state index is 5.98. The fourth-order valence-corrected chi connectivity index (χ4v) is 2.95. The molecular weight excluding hydrogens is 216 g/mol. The van der Waals surface area contributed by atoms with Crippen molar-refractivity contribution < 1.29 is 0 Å². The van der Waals surface area contributed by atoms with Crippen molar-refractivity contribution in [2.75, 3.05) is 0 Å². The predicted molar refractivity (Wildman–Crippen MR) is 58.1 cm³/mol. The normalized spacial score (nSPS) is 13.5. The number of nitrogens with zero attached hydrogens (tertiary/aromatic N) is 2. The van der Waals surface area contributed by atoms with E-state index in [4.69, 9.17) is 11.6 Å². The summed E-state index contributed by atoms with van der Waals surface area (Å²) < 4.78 is 2.06. The SMILES string of the molecule is Clc1ncn2c1CSc1ccccc1-2. The molecule has 0 atom stereocenters. The topological polar surface area (TPSA) is 17.8 Å². The van der Waals surface area contributed by atoms with Crippen molar-refractivity contribution >= 4 is 23.4 Å². The molecule has 3 rings (SSSR count). The lowest BCUT2D eigenvalue weighted by molar-refractivity contribution is 0.951. The first kappa shape index (κ1) is 8.38. The number of aromatic nitrogens is 2. The maximum Gasteiger partial charge on any atom is 0.151 e. The van der Waals surface area contributed by atoms with Crippen LogP contribution in [-0.2, 0) is 5.75 Å². The summed E-state index contributed by atoms with van der Waals surface area (Å²) in [4.78, 5) is 5.40. The van der Waals surface area contributed by atoms with Gasteiger partial charge in [-0.25, -0.2) is 4.98 Å². The highest BCUT2D eigenvalue weighted by molar-refractivity contribution is 7.98. The maximum atomic E-state index is 5.98. The molecule has 0 saturated heterocycles. The third kappa shape index (κ3) is 1.09. The molecular formula is C10H7ClN2S. The first-order valence-corrected chi connectivity index (χ1v) is 5.66. The van der Waals surface area contributed by atoms with E-state index in [1.165, 1.54) is 10.6 Å². The Kier molecular flexibility index (Phi) is 1.82. The van der Waals surface area contributed by atoms with Crippen molar-refractivity contribution in [1.29, 1.82) is 0 Å². The van der Waals surface area contributed by atoms with E-state index in [0.717, 1.165) is 11.4 Å². The number of halogens is 1. The van der Waals surface area contributed by atoms with Gasteiger partial charge in [-0.15, -0.1) is 11.8 Å². The van der Waals surface area contributed by atoms with Gasteiger partial charge in [-0.2, -0.15) is 0 Å². The number of fused-ring (bicyclic) bond motifs is 3. The summed E-state index contributed by atoms with van der Waals surface area (Å²) in [5.74, 6) is 0.899. The lowest BCUT2D eigenvalue weighted by atomic mass is 10.3. The minimum absolute atomic E-state index is 0.618. The van der Waals surface area contributed by atoms with Crippen LogP contribution in [0.15, 0.2) is 35.5 Å². The standard InChI is InChI=1S/C10H7ClN2S/c11-10-8-5-14-9-4-2-1-3-7(9)13(8)6-12-10/h1-4,6H,5H2. The van der Waals surface area contributed by atoms with Gasteiger partial charge in [0.05, 0.1) is 11.4 Å². The van der Waals surface area contributed by atoms with Crippen molar-refractivity contribution in [2.24, 2.45) is 0 Å². The number of hydrogen-bond donors (Lipinski definition) is 0. The van der Waals surface area contributed by atoms with Gasteiger partial charge in [0.15, 0.2) is 5.15 Å². The summed E-state index contributed by atoms with van der Waals surface area (Å²) in [5, 5.41) is 0.618. The molecule has 14 heavy (non-hydrogen) atoms. The number of imidazole rings is 1. The van der Waals surface area contributed by atoms with Gasteiger partial charge in [-0.3, -0.25) is 4.57 Å². The zero-order chi connectivity index (χ0) is 9.54. The molecule has 1 aromatic carbocycles. The summed E-state index contributed by atoms with van der Waals surface area (Å²) in [7, 11) is 0. The fraction of sp³-hybridized carbons (Fsp3) is 0.100. The number of hydrogen-bond acceptors (Lipinski definition) is 2. The van der Waals surface area contributed by atoms with Crippen LogP contribution >= 0.6 is 23.4 Å². The van der Waals surface area contributed by atoms with E-state index >= 15 is 0 Å². The van der Waals surface area contributed by atoms with Crippen LogP contribution < -0.4 is 0 Å². The summed E-state index contributed by atoms with van der Waals surface area (Å²) in [6.45, 7) is 0. The minimum Gasteiger partial charge on any atom is -0.300 e. The van der Waals surface area contributed by atoms with Crippen LogP contribution in [0.4, 0.5) is 0 Å². The second-order valence-electron chi connectivity index (χ2n) is 3.11. The highest BCUT2D eigenvalue weighted by Gasteiger charge is 2.18. The number of para-hydroxylation sites is 1. The van der Waals surface area contributed by atoms with Gasteiger partial charge >= 0.3 is 0 Å². The second-order valence-corrected chi connectivity index (χ2v) is 4.48. The van der Waals surface area contributed by atoms with Gasteiger partial charge in [0, 0.05) is 10.6 Å². The number of thioether (sulfide) groups is 1. The Balaban J connectivity index is 2.29. The largest absolute Gasteiger partial charge is 0.300 e. The molecule has 1 aliphatic heterocycles. The molecule has 1 aliphatic rings. The van der Waals surface area contributed by atoms with Gasteiger partial charge in [-0.05, 0) is 12.1 Å². The lowest BCUT2D eigenvalue weighted by Crippen LogP contribution is -2.04. The first-order chi connectivity index (χ1) is 6.86. The molecule has 0 amide bonds. The molecule has 0 bridgehead atoms. The third-order valence-corrected chi connectivity index (χ3v) is 3.69. The van der Waals surface area contributed by atoms with Crippen LogP contribution in [0.25, 0.3) is 5.69 Å². The minimum atomic E-state index is 0.618. The highest BCUT2D eigenvalue weighted by atomic mass is 35.5. The Labute approximate surface area is 90.9 Å². The van der Waals surface area contributed by atoms with Gasteiger partial charge in [-0.1, -0.05) is 23.7 Å². The van der Waals surface area contributed by atoms with Crippen molar-refractivity contribution in [1.82, 2.24) is 9.55 Å². The lowest BCUT2D eigenvalue weighted by Gasteiger charge is -2.17. The van der Waals surface area contributed by atoms with Crippen molar-refractivity contribution in [3.63, 3.8) is 0 Å². The Morgan fingerprint density at radius 2 is 2.21 bits per heavy atom. The van der Waals surface area contributed by atoms with Crippen LogP contribution in [0.3, 0.4) is 0 Å². The zero-order valence-electron chi connectivity index (χ0n) is 7.27. The van der Waals surface area contributed by atoms with E-state index in [1.807, 2.05) is 6.07 Å². The van der Waals surface area contributed by atoms with Crippen LogP contribution in [0.2, 0.25) is 5.15 Å². The molecule has 2 nitrogen and oxygen atoms in total. The average Bonchev–Trinajstić information content (AvgIpc) is 2.61. The van der Waals surface area contributed by atoms with Gasteiger partial charge in [0.2, 0.25) is 0 Å². The second kappa shape index (κ2) is 3.04. The van der Waals surface area contributed by atoms with Gasteiger partial charge in [0.25, 0.3) is 0 Å². The molecule has 0 radical (unpaired) electrons. The molecule has 0 spiro atoms. The molecule has 1 aromatic heterocycles. The fourth-order valence-electron chi connectivity index (χ4n) is 1.61. The third-order valence-electron chi connectivity index (χ3n) is 2.30. The molecule has 2 heterocycles. The molecule has 4 heteroatoms. The number of rotatable bonds is 0. The van der Waals surface area contributed by atoms with Gasteiger partial charge < -0.3 is 0 Å². The Morgan fingerprint density at radius 1 is 1.36 bits per heavy atom. The smallest absolute Gasteiger partial charge is 0.151 e. The Morgan fingerprint density at radius 3 is 3.14 bits per heavy atom. The zero-order valence-corrected chi connectivity index (χ0v) is 8.85. The van der Waals surface area contributed by atoms with Crippen LogP contribution in [0.5, 0.6) is 0 Å². The Hall–Kier alpha value is -0.930. The van der Waals surface area contributed by atoms with E-state index in [9.17, 15) is 0 Å². The summed E-state index contributed by atoms with van der Waals surface area (Å²) in [5.41, 5.74) is 2.27. The first-order valence-electron chi connectivity index (χ1n) is 4.30. The van der Waals surface area contributed by atoms with E-state index < -0.39 is 0 Å². The average molecular weight is 223 g/mol. The molecule has 0 N–H and O–H groups in total. The highest BCUT2D eigenvalue weighted by Crippen LogP contribution is 2.36. The van der Waals surface area contributed by atoms with E-state index in [1.54, 1.807) is 18.1 Å². The quantitative estimate of drug-likeness (QED) is 0.682. The summed E-state index contributed by atoms with van der Waals surface area (Å²) >= 11 is 7.78. The molecule has 0 unspecified atom stereocenters. The predicted octanol–water partition coefficient (Wildman–Crippen LogP) is 3.13. The summed E-state index contributed by atoms with van der Waals surface area (Å²) in [6.07, 6.45) is 1.79. The monoisotopic (exact) mass is 222 g/mol. The van der Waals surface area contributed by atoms with E-state index in [2.05, 4.69) is 27.8 Å². The van der Waals surface area contributed by atoms with Crippen molar-refractivity contribution in [2.45, 2.75) is 10.6 Å². The van der Waals surface area contributed by atoms with Crippen molar-refractivity contribution in [3.05, 3.63) is 41.4 Å². The Bertz CT molecular complexity index is 493. The number of benzene rings is 1. The van der Waals surface area contributed by atoms with E-state index in [0.29, 0.717) is 5.15 Å². The summed E-state index contributed by atoms with van der Waals surface area (Å²) in [6, 6.07) is 8.29. The van der Waals surface area contributed by atoms with Crippen LogP contribution in [0.1, 0.15) is 5.69 Å². The molecule has 0 saturated carbocycles. The van der Waals surface area contributed by atoms with Gasteiger partial charge in [0.1, 0.15) is 6.33 Å². The molecule has 2 aromatic rings. The van der Waals surface area contributed by atoms with Crippen LogP contribution in [0, 0.1) is 0 Å². The van der Waals surface area contributed by atoms with Crippen molar-refractivity contribution in [3.8, 4) is 5.69 Å². The molecule has 0 fully saturated rings.